The molecule has 202 valence electrons. The van der Waals surface area contributed by atoms with Crippen molar-refractivity contribution in [1.29, 1.82) is 0 Å². The number of para-hydroxylation sites is 1. The summed E-state index contributed by atoms with van der Waals surface area (Å²) >= 11 is 0. The third-order valence-corrected chi connectivity index (χ3v) is 8.63. The molecule has 0 radical (unpaired) electrons. The minimum absolute atomic E-state index is 0.296. The molecule has 0 bridgehead atoms. The van der Waals surface area contributed by atoms with E-state index < -0.39 is 20.6 Å². The molecule has 1 aliphatic rings. The van der Waals surface area contributed by atoms with Crippen LogP contribution in [0.1, 0.15) is 12.0 Å². The number of pyridine rings is 1. The molecule has 1 aliphatic heterocycles. The predicted molar refractivity (Wildman–Crippen MR) is 141 cm³/mol. The Balaban J connectivity index is 1.50. The molecule has 0 N–H and O–H groups in total. The highest BCUT2D eigenvalue weighted by Crippen LogP contribution is 2.41. The lowest BCUT2D eigenvalue weighted by Gasteiger charge is -2.24. The van der Waals surface area contributed by atoms with Crippen molar-refractivity contribution in [3.8, 4) is 28.5 Å². The molecular formula is C26H30N4O7S. The Bertz CT molecular complexity index is 1410. The molecule has 0 amide bonds. The zero-order valence-corrected chi connectivity index (χ0v) is 22.5. The molecule has 12 heteroatoms. The largest absolute Gasteiger partial charge is 0.493 e. The van der Waals surface area contributed by atoms with Gasteiger partial charge in [-0.25, -0.2) is 8.42 Å². The lowest BCUT2D eigenvalue weighted by molar-refractivity contribution is -0.387. The number of benzene rings is 2. The molecule has 38 heavy (non-hydrogen) atoms. The first-order valence-corrected chi connectivity index (χ1v) is 13.3. The molecule has 1 saturated heterocycles. The fourth-order valence-electron chi connectivity index (χ4n) is 4.65. The van der Waals surface area contributed by atoms with Gasteiger partial charge in [0.05, 0.1) is 31.9 Å². The van der Waals surface area contributed by atoms with E-state index in [2.05, 4.69) is 9.88 Å². The highest BCUT2D eigenvalue weighted by molar-refractivity contribution is 7.89. The quantitative estimate of drug-likeness (QED) is 0.279. The number of likely N-dealkylation sites (N-methyl/N-ethyl adjacent to an activating group) is 1. The topological polar surface area (TPSA) is 124 Å². The Morgan fingerprint density at radius 2 is 1.76 bits per heavy atom. The van der Waals surface area contributed by atoms with E-state index >= 15 is 0 Å². The van der Waals surface area contributed by atoms with Crippen LogP contribution in [0.5, 0.6) is 17.2 Å². The second-order valence-corrected chi connectivity index (χ2v) is 10.9. The van der Waals surface area contributed by atoms with E-state index in [1.807, 2.05) is 24.3 Å². The van der Waals surface area contributed by atoms with E-state index in [0.717, 1.165) is 16.8 Å². The van der Waals surface area contributed by atoms with Crippen molar-refractivity contribution in [2.45, 2.75) is 23.9 Å². The molecule has 0 saturated carbocycles. The number of methoxy groups -OCH3 is 3. The average molecular weight is 543 g/mol. The number of sulfonamides is 1. The molecule has 1 fully saturated rings. The Hall–Kier alpha value is -3.74. The minimum Gasteiger partial charge on any atom is -0.493 e. The highest BCUT2D eigenvalue weighted by Gasteiger charge is 2.36. The van der Waals surface area contributed by atoms with Gasteiger partial charge in [0.15, 0.2) is 16.4 Å². The number of ether oxygens (including phenoxy) is 3. The van der Waals surface area contributed by atoms with Gasteiger partial charge in [0.1, 0.15) is 0 Å². The zero-order valence-electron chi connectivity index (χ0n) is 21.7. The number of nitrogens with zero attached hydrogens (tertiary/aromatic N) is 4. The highest BCUT2D eigenvalue weighted by atomic mass is 32.2. The van der Waals surface area contributed by atoms with Gasteiger partial charge in [0, 0.05) is 50.6 Å². The molecule has 3 aromatic rings. The van der Waals surface area contributed by atoms with Crippen molar-refractivity contribution in [2.75, 3.05) is 41.5 Å². The summed E-state index contributed by atoms with van der Waals surface area (Å²) in [6.07, 6.45) is 2.34. The summed E-state index contributed by atoms with van der Waals surface area (Å²) in [5.41, 5.74) is 2.11. The van der Waals surface area contributed by atoms with Gasteiger partial charge in [-0.1, -0.05) is 12.1 Å². The number of hydrogen-bond donors (Lipinski definition) is 0. The molecule has 0 unspecified atom stereocenters. The first-order valence-electron chi connectivity index (χ1n) is 11.9. The molecule has 4 rings (SSSR count). The van der Waals surface area contributed by atoms with Crippen molar-refractivity contribution >= 4 is 15.7 Å². The van der Waals surface area contributed by atoms with Crippen LogP contribution in [-0.4, -0.2) is 75.0 Å². The van der Waals surface area contributed by atoms with Gasteiger partial charge >= 0.3 is 0 Å². The van der Waals surface area contributed by atoms with Gasteiger partial charge in [0.25, 0.3) is 5.69 Å². The number of aromatic nitrogens is 1. The molecule has 0 spiro atoms. The summed E-state index contributed by atoms with van der Waals surface area (Å²) in [5, 5.41) is 11.4. The van der Waals surface area contributed by atoms with Crippen LogP contribution in [0.2, 0.25) is 0 Å². The summed E-state index contributed by atoms with van der Waals surface area (Å²) < 4.78 is 44.0. The second kappa shape index (κ2) is 11.3. The van der Waals surface area contributed by atoms with Crippen molar-refractivity contribution in [3.63, 3.8) is 0 Å². The second-order valence-electron chi connectivity index (χ2n) is 8.89. The molecule has 1 atom stereocenters. The number of hydrogen-bond acceptors (Lipinski definition) is 9. The molecule has 2 aromatic carbocycles. The Labute approximate surface area is 221 Å². The van der Waals surface area contributed by atoms with Crippen LogP contribution < -0.4 is 14.2 Å². The van der Waals surface area contributed by atoms with Crippen LogP contribution >= 0.6 is 0 Å². The van der Waals surface area contributed by atoms with E-state index in [4.69, 9.17) is 14.2 Å². The van der Waals surface area contributed by atoms with Crippen molar-refractivity contribution in [1.82, 2.24) is 14.2 Å². The minimum atomic E-state index is -4.04. The first-order chi connectivity index (χ1) is 18.2. The number of likely N-dealkylation sites (tertiary alicyclic amines) is 1. The number of nitro benzene ring substituents is 1. The van der Waals surface area contributed by atoms with Crippen LogP contribution in [0, 0.1) is 10.1 Å². The van der Waals surface area contributed by atoms with E-state index in [0.29, 0.717) is 43.3 Å². The van der Waals surface area contributed by atoms with Gasteiger partial charge in [-0.05, 0) is 42.3 Å². The van der Waals surface area contributed by atoms with Crippen molar-refractivity contribution in [3.05, 3.63) is 70.4 Å². The lowest BCUT2D eigenvalue weighted by atomic mass is 10.1. The Morgan fingerprint density at radius 1 is 1.08 bits per heavy atom. The molecule has 1 aromatic heterocycles. The monoisotopic (exact) mass is 542 g/mol. The van der Waals surface area contributed by atoms with E-state index in [-0.39, 0.29) is 10.9 Å². The van der Waals surface area contributed by atoms with Crippen LogP contribution in [0.25, 0.3) is 11.3 Å². The fourth-order valence-corrected chi connectivity index (χ4v) is 6.18. The SMILES string of the molecule is COc1cc(-c2cc(CN3CC[C@H](N(C)S(=O)(=O)c4ccccc4[N+](=O)[O-])C3)ccn2)cc(OC)c1OC. The Kier molecular flexibility index (Phi) is 8.14. The molecule has 11 nitrogen and oxygen atoms in total. The van der Waals surface area contributed by atoms with Gasteiger partial charge in [-0.2, -0.15) is 4.31 Å². The van der Waals surface area contributed by atoms with E-state index in [1.54, 1.807) is 27.5 Å². The lowest BCUT2D eigenvalue weighted by Crippen LogP contribution is -2.39. The fraction of sp³-hybridized carbons (Fsp3) is 0.346. The van der Waals surface area contributed by atoms with Crippen molar-refractivity contribution < 1.29 is 27.6 Å². The maximum absolute atomic E-state index is 13.2. The van der Waals surface area contributed by atoms with Gasteiger partial charge in [-0.3, -0.25) is 20.0 Å². The average Bonchev–Trinajstić information content (AvgIpc) is 3.39. The van der Waals surface area contributed by atoms with E-state index in [9.17, 15) is 18.5 Å². The normalized spacial score (nSPS) is 16.0. The molecule has 2 heterocycles. The van der Waals surface area contributed by atoms with Crippen LogP contribution in [-0.2, 0) is 16.6 Å². The molecule has 0 aliphatic carbocycles. The Morgan fingerprint density at radius 3 is 2.39 bits per heavy atom. The maximum atomic E-state index is 13.2. The summed E-state index contributed by atoms with van der Waals surface area (Å²) in [5.74, 6) is 1.55. The van der Waals surface area contributed by atoms with Gasteiger partial charge in [0.2, 0.25) is 15.8 Å². The summed E-state index contributed by atoms with van der Waals surface area (Å²) in [7, 11) is 2.11. The maximum Gasteiger partial charge on any atom is 0.289 e. The van der Waals surface area contributed by atoms with Gasteiger partial charge < -0.3 is 14.2 Å². The van der Waals surface area contributed by atoms with Crippen molar-refractivity contribution in [2.24, 2.45) is 0 Å². The predicted octanol–water partition coefficient (Wildman–Crippen LogP) is 3.58. The summed E-state index contributed by atoms with van der Waals surface area (Å²) in [6.45, 7) is 1.78. The van der Waals surface area contributed by atoms with Gasteiger partial charge in [-0.15, -0.1) is 0 Å². The summed E-state index contributed by atoms with van der Waals surface area (Å²) in [6, 6.07) is 12.7. The standard InChI is InChI=1S/C26H30N4O7S/c1-28(38(33,34)25-8-6-5-7-22(25)30(31)32)20-10-12-29(17-20)16-18-9-11-27-21(13-18)19-14-23(35-2)26(37-4)24(15-19)36-3/h5-9,11,13-15,20H,10,12,16-17H2,1-4H3/t20-/m0/s1. The third-order valence-electron chi connectivity index (χ3n) is 6.67. The number of nitro groups is 1. The van der Waals surface area contributed by atoms with Crippen LogP contribution in [0.3, 0.4) is 0 Å². The van der Waals surface area contributed by atoms with Crippen LogP contribution in [0.4, 0.5) is 5.69 Å². The first kappa shape index (κ1) is 27.3. The smallest absolute Gasteiger partial charge is 0.289 e. The summed E-state index contributed by atoms with van der Waals surface area (Å²) in [4.78, 5) is 17.1. The zero-order chi connectivity index (χ0) is 27.4. The molecular weight excluding hydrogens is 512 g/mol. The van der Waals surface area contributed by atoms with E-state index in [1.165, 1.54) is 35.6 Å². The van der Waals surface area contributed by atoms with Crippen LogP contribution in [0.15, 0.2) is 59.6 Å². The number of rotatable bonds is 10. The third kappa shape index (κ3) is 5.42.